The van der Waals surface area contributed by atoms with Gasteiger partial charge in [-0.3, -0.25) is 4.72 Å². The molecule has 7 nitrogen and oxygen atoms in total. The number of aromatic nitrogens is 2. The third-order valence-corrected chi connectivity index (χ3v) is 8.04. The van der Waals surface area contributed by atoms with Crippen molar-refractivity contribution in [2.75, 3.05) is 16.2 Å². The van der Waals surface area contributed by atoms with Gasteiger partial charge in [-0.1, -0.05) is 48.0 Å². The van der Waals surface area contributed by atoms with Crippen LogP contribution < -0.4 is 4.72 Å². The van der Waals surface area contributed by atoms with Crippen LogP contribution in [0.5, 0.6) is 0 Å². The Balaban J connectivity index is 1.76. The van der Waals surface area contributed by atoms with Crippen molar-refractivity contribution >= 4 is 37.3 Å². The molecule has 2 aromatic carbocycles. The van der Waals surface area contributed by atoms with E-state index in [9.17, 15) is 16.8 Å². The van der Waals surface area contributed by atoms with E-state index >= 15 is 0 Å². The van der Waals surface area contributed by atoms with Crippen molar-refractivity contribution in [3.8, 4) is 11.3 Å². The molecule has 1 aromatic heterocycles. The first-order valence-electron chi connectivity index (χ1n) is 8.87. The van der Waals surface area contributed by atoms with E-state index in [1.165, 1.54) is 16.8 Å². The largest absolute Gasteiger partial charge is 0.264 e. The van der Waals surface area contributed by atoms with Crippen LogP contribution in [0.4, 0.5) is 5.82 Å². The summed E-state index contributed by atoms with van der Waals surface area (Å²) >= 11 is 5.93. The number of rotatable bonds is 5. The molecule has 0 unspecified atom stereocenters. The lowest BCUT2D eigenvalue weighted by Gasteiger charge is -2.14. The van der Waals surface area contributed by atoms with E-state index in [1.54, 1.807) is 18.2 Å². The Morgan fingerprint density at radius 2 is 1.83 bits per heavy atom. The molecule has 0 amide bonds. The highest BCUT2D eigenvalue weighted by molar-refractivity contribution is 7.92. The van der Waals surface area contributed by atoms with E-state index in [1.807, 2.05) is 30.3 Å². The van der Waals surface area contributed by atoms with Crippen molar-refractivity contribution in [1.82, 2.24) is 9.78 Å². The van der Waals surface area contributed by atoms with Gasteiger partial charge in [0.1, 0.15) is 5.82 Å². The van der Waals surface area contributed by atoms with Crippen LogP contribution in [-0.2, 0) is 19.9 Å². The van der Waals surface area contributed by atoms with E-state index in [0.29, 0.717) is 17.1 Å². The fourth-order valence-electron chi connectivity index (χ4n) is 3.30. The molecule has 1 N–H and O–H groups in total. The van der Waals surface area contributed by atoms with Gasteiger partial charge in [-0.25, -0.2) is 21.5 Å². The molecule has 0 saturated carbocycles. The van der Waals surface area contributed by atoms with Crippen LogP contribution >= 0.6 is 11.6 Å². The molecular formula is C19H18ClN3O4S2. The molecule has 1 fully saturated rings. The standard InChI is InChI=1S/C19H18ClN3O4S2/c20-15-7-4-8-17(11-15)29(26,27)22-19-12-18(14-5-2-1-3-6-14)21-23(19)16-9-10-28(24,25)13-16/h1-8,11-12,16,22H,9-10,13H2/t16-/m1/s1. The summed E-state index contributed by atoms with van der Waals surface area (Å²) in [5, 5.41) is 4.82. The molecule has 3 aromatic rings. The summed E-state index contributed by atoms with van der Waals surface area (Å²) < 4.78 is 53.6. The maximum absolute atomic E-state index is 12.9. The van der Waals surface area contributed by atoms with Crippen LogP contribution in [0, 0.1) is 0 Å². The number of sulfonamides is 1. The average molecular weight is 452 g/mol. The van der Waals surface area contributed by atoms with Crippen LogP contribution in [-0.4, -0.2) is 38.1 Å². The number of benzene rings is 2. The van der Waals surface area contributed by atoms with Crippen molar-refractivity contribution in [2.45, 2.75) is 17.4 Å². The van der Waals surface area contributed by atoms with E-state index in [4.69, 9.17) is 11.6 Å². The lowest BCUT2D eigenvalue weighted by molar-refractivity contribution is 0.507. The minimum Gasteiger partial charge on any atom is -0.264 e. The van der Waals surface area contributed by atoms with Gasteiger partial charge in [0, 0.05) is 16.7 Å². The summed E-state index contributed by atoms with van der Waals surface area (Å²) in [6.07, 6.45) is 0.379. The molecule has 29 heavy (non-hydrogen) atoms. The number of halogens is 1. The smallest absolute Gasteiger partial charge is 0.263 e. The average Bonchev–Trinajstić information content (AvgIpc) is 3.25. The molecule has 152 valence electrons. The summed E-state index contributed by atoms with van der Waals surface area (Å²) in [7, 11) is -7.10. The normalized spacial score (nSPS) is 18.6. The van der Waals surface area contributed by atoms with Crippen molar-refractivity contribution in [2.24, 2.45) is 0 Å². The van der Waals surface area contributed by atoms with Gasteiger partial charge in [0.05, 0.1) is 28.1 Å². The second kappa shape index (κ2) is 7.47. The first-order chi connectivity index (χ1) is 13.7. The zero-order chi connectivity index (χ0) is 20.6. The van der Waals surface area contributed by atoms with E-state index < -0.39 is 25.9 Å². The van der Waals surface area contributed by atoms with Gasteiger partial charge < -0.3 is 0 Å². The maximum atomic E-state index is 12.9. The molecule has 10 heteroatoms. The zero-order valence-electron chi connectivity index (χ0n) is 15.2. The highest BCUT2D eigenvalue weighted by atomic mass is 35.5. The van der Waals surface area contributed by atoms with Crippen molar-refractivity contribution in [3.63, 3.8) is 0 Å². The Morgan fingerprint density at radius 3 is 2.48 bits per heavy atom. The lowest BCUT2D eigenvalue weighted by Crippen LogP contribution is -2.20. The van der Waals surface area contributed by atoms with E-state index in [-0.39, 0.29) is 22.2 Å². The second-order valence-corrected chi connectivity index (χ2v) is 11.2. The number of hydrogen-bond donors (Lipinski definition) is 1. The number of hydrogen-bond acceptors (Lipinski definition) is 5. The molecule has 4 rings (SSSR count). The summed E-state index contributed by atoms with van der Waals surface area (Å²) in [4.78, 5) is 0.0121. The van der Waals surface area contributed by atoms with Gasteiger partial charge in [0.15, 0.2) is 9.84 Å². The van der Waals surface area contributed by atoms with Gasteiger partial charge in [0.25, 0.3) is 10.0 Å². The van der Waals surface area contributed by atoms with Crippen LogP contribution in [0.25, 0.3) is 11.3 Å². The molecule has 1 saturated heterocycles. The molecular weight excluding hydrogens is 434 g/mol. The number of sulfone groups is 1. The predicted octanol–water partition coefficient (Wildman–Crippen LogP) is 3.36. The molecule has 0 radical (unpaired) electrons. The lowest BCUT2D eigenvalue weighted by atomic mass is 10.2. The SMILES string of the molecule is O=S1(=O)CC[C@@H](n2nc(-c3ccccc3)cc2NS(=O)(=O)c2cccc(Cl)c2)C1. The summed E-state index contributed by atoms with van der Waals surface area (Å²) in [5.74, 6) is 0.193. The molecule has 1 aliphatic rings. The van der Waals surface area contributed by atoms with Gasteiger partial charge in [-0.15, -0.1) is 0 Å². The number of nitrogens with zero attached hydrogens (tertiary/aromatic N) is 2. The minimum atomic E-state index is -3.93. The van der Waals surface area contributed by atoms with Crippen LogP contribution in [0.2, 0.25) is 5.02 Å². The Labute approximate surface area is 174 Å². The van der Waals surface area contributed by atoms with Crippen LogP contribution in [0.1, 0.15) is 12.5 Å². The fraction of sp³-hybridized carbons (Fsp3) is 0.211. The second-order valence-electron chi connectivity index (χ2n) is 6.85. The van der Waals surface area contributed by atoms with Gasteiger partial charge >= 0.3 is 0 Å². The number of anilines is 1. The summed E-state index contributed by atoms with van der Waals surface area (Å²) in [5.41, 5.74) is 1.36. The van der Waals surface area contributed by atoms with Gasteiger partial charge in [-0.05, 0) is 24.6 Å². The topological polar surface area (TPSA) is 98.1 Å². The summed E-state index contributed by atoms with van der Waals surface area (Å²) in [6, 6.07) is 16.4. The monoisotopic (exact) mass is 451 g/mol. The Morgan fingerprint density at radius 1 is 1.07 bits per heavy atom. The van der Waals surface area contributed by atoms with Crippen molar-refractivity contribution in [3.05, 3.63) is 65.7 Å². The van der Waals surface area contributed by atoms with Crippen molar-refractivity contribution in [1.29, 1.82) is 0 Å². The highest BCUT2D eigenvalue weighted by Gasteiger charge is 2.32. The highest BCUT2D eigenvalue weighted by Crippen LogP contribution is 2.31. The molecule has 0 spiro atoms. The van der Waals surface area contributed by atoms with Gasteiger partial charge in [0.2, 0.25) is 0 Å². The third kappa shape index (κ3) is 4.31. The predicted molar refractivity (Wildman–Crippen MR) is 112 cm³/mol. The Kier molecular flexibility index (Phi) is 5.14. The maximum Gasteiger partial charge on any atom is 0.263 e. The Hall–Kier alpha value is -2.36. The molecule has 1 atom stereocenters. The molecule has 0 bridgehead atoms. The fourth-order valence-corrected chi connectivity index (χ4v) is 6.33. The van der Waals surface area contributed by atoms with Crippen LogP contribution in [0.15, 0.2) is 65.6 Å². The van der Waals surface area contributed by atoms with E-state index in [0.717, 1.165) is 5.56 Å². The number of nitrogens with one attached hydrogen (secondary N) is 1. The van der Waals surface area contributed by atoms with Gasteiger partial charge in [-0.2, -0.15) is 5.10 Å². The van der Waals surface area contributed by atoms with Crippen molar-refractivity contribution < 1.29 is 16.8 Å². The summed E-state index contributed by atoms with van der Waals surface area (Å²) in [6.45, 7) is 0. The minimum absolute atomic E-state index is 0.0121. The first-order valence-corrected chi connectivity index (χ1v) is 12.6. The van der Waals surface area contributed by atoms with E-state index in [2.05, 4.69) is 9.82 Å². The zero-order valence-corrected chi connectivity index (χ0v) is 17.6. The van der Waals surface area contributed by atoms with Crippen LogP contribution in [0.3, 0.4) is 0 Å². The molecule has 2 heterocycles. The first kappa shape index (κ1) is 19.9. The third-order valence-electron chi connectivity index (χ3n) is 4.70. The quantitative estimate of drug-likeness (QED) is 0.641. The Bertz CT molecular complexity index is 1260. The molecule has 0 aliphatic carbocycles. The molecule has 1 aliphatic heterocycles.